The molecule has 0 saturated heterocycles. The highest BCUT2D eigenvalue weighted by Gasteiger charge is 2.14. The van der Waals surface area contributed by atoms with Gasteiger partial charge in [-0.1, -0.05) is 12.1 Å². The highest BCUT2D eigenvalue weighted by atomic mass is 16.1. The van der Waals surface area contributed by atoms with Gasteiger partial charge in [0.05, 0.1) is 12.0 Å². The number of rotatable bonds is 2. The minimum atomic E-state index is -0.0348. The van der Waals surface area contributed by atoms with Crippen LogP contribution in [0, 0.1) is 0 Å². The number of Topliss-reactive ketones (excluding diaryl/α,β-unsaturated/α-hetero) is 1. The van der Waals surface area contributed by atoms with E-state index in [0.29, 0.717) is 11.4 Å². The van der Waals surface area contributed by atoms with Crippen LogP contribution >= 0.6 is 0 Å². The minimum absolute atomic E-state index is 0.0348. The van der Waals surface area contributed by atoms with E-state index in [4.69, 9.17) is 5.73 Å². The first-order valence-electron chi connectivity index (χ1n) is 4.97. The normalized spacial score (nSPS) is 10.4. The van der Waals surface area contributed by atoms with E-state index in [2.05, 4.69) is 4.98 Å². The van der Waals surface area contributed by atoms with Crippen molar-refractivity contribution in [2.75, 3.05) is 5.73 Å². The summed E-state index contributed by atoms with van der Waals surface area (Å²) in [6, 6.07) is 7.40. The van der Waals surface area contributed by atoms with Gasteiger partial charge in [0.2, 0.25) is 0 Å². The van der Waals surface area contributed by atoms with Crippen molar-refractivity contribution >= 4 is 11.5 Å². The van der Waals surface area contributed by atoms with Gasteiger partial charge in [-0.3, -0.25) is 4.79 Å². The molecule has 0 atom stereocenters. The second kappa shape index (κ2) is 3.81. The molecule has 0 amide bonds. The number of hydrogen-bond acceptors (Lipinski definition) is 3. The summed E-state index contributed by atoms with van der Waals surface area (Å²) in [6.45, 7) is 1.52. The van der Waals surface area contributed by atoms with Crippen LogP contribution in [-0.2, 0) is 7.05 Å². The van der Waals surface area contributed by atoms with Crippen LogP contribution in [0.25, 0.3) is 11.3 Å². The van der Waals surface area contributed by atoms with Gasteiger partial charge in [-0.05, 0) is 12.1 Å². The zero-order valence-electron chi connectivity index (χ0n) is 9.27. The lowest BCUT2D eigenvalue weighted by molar-refractivity contribution is 0.101. The van der Waals surface area contributed by atoms with E-state index in [1.807, 2.05) is 35.9 Å². The van der Waals surface area contributed by atoms with Crippen LogP contribution in [-0.4, -0.2) is 15.3 Å². The molecular formula is C12H13N3O. The fourth-order valence-electron chi connectivity index (χ4n) is 1.67. The Hall–Kier alpha value is -2.10. The average molecular weight is 215 g/mol. The maximum absolute atomic E-state index is 11.4. The van der Waals surface area contributed by atoms with Crippen molar-refractivity contribution in [2.24, 2.45) is 7.05 Å². The molecule has 0 unspecified atom stereocenters. The molecule has 4 heteroatoms. The molecule has 1 aromatic carbocycles. The molecule has 0 bridgehead atoms. The lowest BCUT2D eigenvalue weighted by Crippen LogP contribution is -1.98. The van der Waals surface area contributed by atoms with Crippen molar-refractivity contribution < 1.29 is 4.79 Å². The Morgan fingerprint density at radius 3 is 2.50 bits per heavy atom. The third-order valence-corrected chi connectivity index (χ3v) is 2.45. The molecule has 2 N–H and O–H groups in total. The fraction of sp³-hybridized carbons (Fsp3) is 0.167. The topological polar surface area (TPSA) is 60.9 Å². The second-order valence-corrected chi connectivity index (χ2v) is 3.73. The number of anilines is 1. The van der Waals surface area contributed by atoms with Crippen molar-refractivity contribution in [3.05, 3.63) is 36.3 Å². The predicted octanol–water partition coefficient (Wildman–Crippen LogP) is 1.87. The summed E-state index contributed by atoms with van der Waals surface area (Å²) in [5.41, 5.74) is 8.59. The van der Waals surface area contributed by atoms with Crippen molar-refractivity contribution in [3.8, 4) is 11.3 Å². The number of ketones is 1. The number of benzene rings is 1. The summed E-state index contributed by atoms with van der Waals surface area (Å²) < 4.78 is 1.84. The number of nitrogen functional groups attached to an aromatic ring is 1. The highest BCUT2D eigenvalue weighted by Crippen LogP contribution is 2.23. The molecule has 1 aromatic heterocycles. The highest BCUT2D eigenvalue weighted by molar-refractivity contribution is 5.98. The molecule has 1 heterocycles. The Balaban J connectivity index is 2.58. The lowest BCUT2D eigenvalue weighted by Gasteiger charge is -2.04. The third-order valence-electron chi connectivity index (χ3n) is 2.45. The van der Waals surface area contributed by atoms with Gasteiger partial charge in [0.25, 0.3) is 0 Å². The van der Waals surface area contributed by atoms with Crippen molar-refractivity contribution in [1.82, 2.24) is 9.55 Å². The van der Waals surface area contributed by atoms with Crippen LogP contribution < -0.4 is 5.73 Å². The fourth-order valence-corrected chi connectivity index (χ4v) is 1.67. The van der Waals surface area contributed by atoms with Gasteiger partial charge < -0.3 is 10.3 Å². The van der Waals surface area contributed by atoms with Crippen LogP contribution in [0.3, 0.4) is 0 Å². The quantitative estimate of drug-likeness (QED) is 0.614. The average Bonchev–Trinajstić information content (AvgIpc) is 2.62. The molecule has 0 spiro atoms. The molecule has 82 valence electrons. The first-order chi connectivity index (χ1) is 7.59. The van der Waals surface area contributed by atoms with Gasteiger partial charge in [0, 0.05) is 25.2 Å². The Bertz CT molecular complexity index is 526. The minimum Gasteiger partial charge on any atom is -0.399 e. The maximum atomic E-state index is 11.4. The van der Waals surface area contributed by atoms with Crippen LogP contribution in [0.5, 0.6) is 0 Å². The summed E-state index contributed by atoms with van der Waals surface area (Å²) in [5, 5.41) is 0. The molecule has 0 aliphatic rings. The number of nitrogens with zero attached hydrogens (tertiary/aromatic N) is 2. The van der Waals surface area contributed by atoms with Gasteiger partial charge in [0.15, 0.2) is 5.78 Å². The molecule has 0 aliphatic heterocycles. The van der Waals surface area contributed by atoms with E-state index in [0.717, 1.165) is 11.3 Å². The summed E-state index contributed by atoms with van der Waals surface area (Å²) in [7, 11) is 1.87. The summed E-state index contributed by atoms with van der Waals surface area (Å²) in [6.07, 6.45) is 1.64. The summed E-state index contributed by atoms with van der Waals surface area (Å²) in [5.74, 6) is -0.0348. The number of imidazole rings is 1. The van der Waals surface area contributed by atoms with Crippen LogP contribution in [0.1, 0.15) is 17.4 Å². The van der Waals surface area contributed by atoms with E-state index in [1.54, 1.807) is 6.33 Å². The predicted molar refractivity (Wildman–Crippen MR) is 63.1 cm³/mol. The van der Waals surface area contributed by atoms with E-state index >= 15 is 0 Å². The van der Waals surface area contributed by atoms with E-state index < -0.39 is 0 Å². The number of carbonyl (C=O) groups excluding carboxylic acids is 1. The molecule has 2 aromatic rings. The molecule has 16 heavy (non-hydrogen) atoms. The van der Waals surface area contributed by atoms with Crippen molar-refractivity contribution in [1.29, 1.82) is 0 Å². The number of carbonyl (C=O) groups is 1. The van der Waals surface area contributed by atoms with Gasteiger partial charge >= 0.3 is 0 Å². The zero-order chi connectivity index (χ0) is 11.7. The Kier molecular flexibility index (Phi) is 2.48. The number of nitrogens with two attached hydrogens (primary N) is 1. The van der Waals surface area contributed by atoms with Crippen molar-refractivity contribution in [3.63, 3.8) is 0 Å². The Morgan fingerprint density at radius 2 is 1.94 bits per heavy atom. The molecule has 0 saturated carbocycles. The van der Waals surface area contributed by atoms with E-state index in [-0.39, 0.29) is 5.78 Å². The van der Waals surface area contributed by atoms with Gasteiger partial charge in [-0.25, -0.2) is 4.98 Å². The van der Waals surface area contributed by atoms with E-state index in [1.165, 1.54) is 6.92 Å². The monoisotopic (exact) mass is 215 g/mol. The van der Waals surface area contributed by atoms with Crippen LogP contribution in [0.2, 0.25) is 0 Å². The van der Waals surface area contributed by atoms with Gasteiger partial charge in [-0.2, -0.15) is 0 Å². The van der Waals surface area contributed by atoms with Crippen molar-refractivity contribution in [2.45, 2.75) is 6.92 Å². The first kappa shape index (κ1) is 10.4. The van der Waals surface area contributed by atoms with Crippen LogP contribution in [0.4, 0.5) is 5.69 Å². The molecular weight excluding hydrogens is 202 g/mol. The number of hydrogen-bond donors (Lipinski definition) is 1. The zero-order valence-corrected chi connectivity index (χ0v) is 9.27. The molecule has 0 radical (unpaired) electrons. The van der Waals surface area contributed by atoms with Crippen LogP contribution in [0.15, 0.2) is 30.6 Å². The number of aromatic nitrogens is 2. The Labute approximate surface area is 93.7 Å². The largest absolute Gasteiger partial charge is 0.399 e. The standard InChI is InChI=1S/C12H13N3O/c1-8(16)11-12(15(2)7-14-11)9-3-5-10(13)6-4-9/h3-7H,13H2,1-2H3. The molecule has 0 aliphatic carbocycles. The lowest BCUT2D eigenvalue weighted by atomic mass is 10.1. The van der Waals surface area contributed by atoms with E-state index in [9.17, 15) is 4.79 Å². The first-order valence-corrected chi connectivity index (χ1v) is 4.97. The summed E-state index contributed by atoms with van der Waals surface area (Å²) in [4.78, 5) is 15.5. The maximum Gasteiger partial charge on any atom is 0.180 e. The smallest absolute Gasteiger partial charge is 0.180 e. The van der Waals surface area contributed by atoms with Gasteiger partial charge in [-0.15, -0.1) is 0 Å². The molecule has 4 nitrogen and oxygen atoms in total. The third kappa shape index (κ3) is 1.69. The second-order valence-electron chi connectivity index (χ2n) is 3.73. The summed E-state index contributed by atoms with van der Waals surface area (Å²) >= 11 is 0. The SMILES string of the molecule is CC(=O)c1ncn(C)c1-c1ccc(N)cc1. The molecule has 0 fully saturated rings. The molecule has 2 rings (SSSR count). The Morgan fingerprint density at radius 1 is 1.31 bits per heavy atom. The van der Waals surface area contributed by atoms with Gasteiger partial charge in [0.1, 0.15) is 5.69 Å². The number of aryl methyl sites for hydroxylation is 1.